The smallest absolute Gasteiger partial charge is 0.250 e. The molecule has 0 N–H and O–H groups in total. The largest absolute Gasteiger partial charge is 0.379 e. The lowest BCUT2D eigenvalue weighted by molar-refractivity contribution is -0.130. The molecule has 3 heterocycles. The molecule has 2 atom stereocenters. The summed E-state index contributed by atoms with van der Waals surface area (Å²) >= 11 is 0. The molecule has 6 nitrogen and oxygen atoms in total. The van der Waals surface area contributed by atoms with E-state index >= 15 is 0 Å². The van der Waals surface area contributed by atoms with Crippen molar-refractivity contribution in [2.24, 2.45) is 5.92 Å². The SMILES string of the molecule is CC[C@H]1CN(C(=O)CCn2ccccc2=O)C[C@@H]1N1CCOCC1. The summed E-state index contributed by atoms with van der Waals surface area (Å²) in [7, 11) is 0. The van der Waals surface area contributed by atoms with Gasteiger partial charge in [-0.2, -0.15) is 0 Å². The van der Waals surface area contributed by atoms with Gasteiger partial charge in [-0.05, 0) is 12.0 Å². The van der Waals surface area contributed by atoms with Crippen molar-refractivity contribution >= 4 is 5.91 Å². The highest BCUT2D eigenvalue weighted by Crippen LogP contribution is 2.26. The summed E-state index contributed by atoms with van der Waals surface area (Å²) in [6, 6.07) is 5.52. The predicted molar refractivity (Wildman–Crippen MR) is 91.9 cm³/mol. The molecule has 0 radical (unpaired) electrons. The molecule has 2 aliphatic rings. The fourth-order valence-corrected chi connectivity index (χ4v) is 3.80. The highest BCUT2D eigenvalue weighted by Gasteiger charge is 2.37. The molecular formula is C18H27N3O3. The second-order valence-corrected chi connectivity index (χ2v) is 6.67. The summed E-state index contributed by atoms with van der Waals surface area (Å²) in [5, 5.41) is 0. The second-order valence-electron chi connectivity index (χ2n) is 6.67. The highest BCUT2D eigenvalue weighted by atomic mass is 16.5. The number of carbonyl (C=O) groups excluding carboxylic acids is 1. The molecule has 2 aliphatic heterocycles. The molecule has 0 unspecified atom stereocenters. The van der Waals surface area contributed by atoms with Gasteiger partial charge >= 0.3 is 0 Å². The van der Waals surface area contributed by atoms with Crippen LogP contribution in [-0.4, -0.2) is 65.7 Å². The summed E-state index contributed by atoms with van der Waals surface area (Å²) in [6.07, 6.45) is 3.21. The van der Waals surface area contributed by atoms with Crippen molar-refractivity contribution < 1.29 is 9.53 Å². The lowest BCUT2D eigenvalue weighted by Crippen LogP contribution is -2.47. The van der Waals surface area contributed by atoms with Gasteiger partial charge in [0.1, 0.15) is 0 Å². The average Bonchev–Trinajstić information content (AvgIpc) is 3.06. The molecule has 2 fully saturated rings. The molecule has 24 heavy (non-hydrogen) atoms. The van der Waals surface area contributed by atoms with Crippen LogP contribution in [0.5, 0.6) is 0 Å². The summed E-state index contributed by atoms with van der Waals surface area (Å²) in [5.41, 5.74) is -0.0515. The third-order valence-electron chi connectivity index (χ3n) is 5.26. The van der Waals surface area contributed by atoms with Crippen molar-refractivity contribution in [3.05, 3.63) is 34.7 Å². The van der Waals surface area contributed by atoms with E-state index in [-0.39, 0.29) is 11.5 Å². The maximum atomic E-state index is 12.6. The second kappa shape index (κ2) is 7.94. The van der Waals surface area contributed by atoms with Crippen LogP contribution in [0.25, 0.3) is 0 Å². The van der Waals surface area contributed by atoms with Gasteiger partial charge in [0.05, 0.1) is 13.2 Å². The number of pyridine rings is 1. The Morgan fingerprint density at radius 3 is 2.75 bits per heavy atom. The van der Waals surface area contributed by atoms with Gasteiger partial charge in [0, 0.05) is 57.4 Å². The number of ether oxygens (including phenoxy) is 1. The minimum atomic E-state index is -0.0515. The predicted octanol–water partition coefficient (Wildman–Crippen LogP) is 0.808. The Balaban J connectivity index is 1.57. The van der Waals surface area contributed by atoms with Gasteiger partial charge in [0.2, 0.25) is 5.91 Å². The highest BCUT2D eigenvalue weighted by molar-refractivity contribution is 5.76. The van der Waals surface area contributed by atoms with E-state index < -0.39 is 0 Å². The number of nitrogens with zero attached hydrogens (tertiary/aromatic N) is 3. The number of amides is 1. The van der Waals surface area contributed by atoms with Crippen LogP contribution in [0, 0.1) is 5.92 Å². The molecule has 0 bridgehead atoms. The minimum Gasteiger partial charge on any atom is -0.379 e. The van der Waals surface area contributed by atoms with Crippen LogP contribution in [0.15, 0.2) is 29.2 Å². The third kappa shape index (κ3) is 3.87. The molecule has 3 rings (SSSR count). The van der Waals surface area contributed by atoms with Gasteiger partial charge in [-0.15, -0.1) is 0 Å². The molecule has 0 saturated carbocycles. The van der Waals surface area contributed by atoms with Crippen LogP contribution in [0.3, 0.4) is 0 Å². The Morgan fingerprint density at radius 2 is 2.04 bits per heavy atom. The van der Waals surface area contributed by atoms with Gasteiger partial charge in [-0.3, -0.25) is 14.5 Å². The number of carbonyl (C=O) groups is 1. The van der Waals surface area contributed by atoms with E-state index in [2.05, 4.69) is 11.8 Å². The zero-order chi connectivity index (χ0) is 16.9. The van der Waals surface area contributed by atoms with Gasteiger partial charge in [0.15, 0.2) is 0 Å². The lowest BCUT2D eigenvalue weighted by Gasteiger charge is -2.34. The van der Waals surface area contributed by atoms with Crippen LogP contribution in [0.1, 0.15) is 19.8 Å². The van der Waals surface area contributed by atoms with Gasteiger partial charge in [-0.25, -0.2) is 0 Å². The standard InChI is InChI=1S/C18H27N3O3/c1-2-15-13-21(14-16(15)19-9-11-24-12-10-19)18(23)6-8-20-7-4-3-5-17(20)22/h3-5,7,15-16H,2,6,8-14H2,1H3/t15-,16-/m0/s1. The lowest BCUT2D eigenvalue weighted by atomic mass is 9.99. The van der Waals surface area contributed by atoms with Crippen molar-refractivity contribution in [2.45, 2.75) is 32.4 Å². The van der Waals surface area contributed by atoms with Crippen molar-refractivity contribution in [3.63, 3.8) is 0 Å². The molecule has 1 aromatic heterocycles. The minimum absolute atomic E-state index is 0.0515. The molecule has 2 saturated heterocycles. The van der Waals surface area contributed by atoms with E-state index in [1.54, 1.807) is 16.8 Å². The van der Waals surface area contributed by atoms with E-state index in [0.717, 1.165) is 45.8 Å². The molecule has 0 spiro atoms. The first-order valence-electron chi connectivity index (χ1n) is 8.94. The van der Waals surface area contributed by atoms with Crippen molar-refractivity contribution in [3.8, 4) is 0 Å². The monoisotopic (exact) mass is 333 g/mol. The van der Waals surface area contributed by atoms with Crippen LogP contribution in [0.4, 0.5) is 0 Å². The Kier molecular flexibility index (Phi) is 5.68. The molecule has 0 aromatic carbocycles. The molecular weight excluding hydrogens is 306 g/mol. The van der Waals surface area contributed by atoms with Crippen LogP contribution >= 0.6 is 0 Å². The normalized spacial score (nSPS) is 25.1. The van der Waals surface area contributed by atoms with E-state index in [4.69, 9.17) is 4.74 Å². The fourth-order valence-electron chi connectivity index (χ4n) is 3.80. The number of aryl methyl sites for hydroxylation is 1. The topological polar surface area (TPSA) is 54.8 Å². The number of hydrogen-bond acceptors (Lipinski definition) is 4. The number of rotatable bonds is 5. The first-order chi connectivity index (χ1) is 11.7. The quantitative estimate of drug-likeness (QED) is 0.800. The summed E-state index contributed by atoms with van der Waals surface area (Å²) in [6.45, 7) is 7.80. The molecule has 1 amide bonds. The third-order valence-corrected chi connectivity index (χ3v) is 5.26. The van der Waals surface area contributed by atoms with E-state index in [1.165, 1.54) is 6.07 Å². The van der Waals surface area contributed by atoms with Crippen molar-refractivity contribution in [1.82, 2.24) is 14.4 Å². The van der Waals surface area contributed by atoms with E-state index in [9.17, 15) is 9.59 Å². The zero-order valence-corrected chi connectivity index (χ0v) is 14.4. The molecule has 0 aliphatic carbocycles. The first-order valence-corrected chi connectivity index (χ1v) is 8.94. The Labute approximate surface area is 143 Å². The molecule has 1 aromatic rings. The van der Waals surface area contributed by atoms with Crippen molar-refractivity contribution in [2.75, 3.05) is 39.4 Å². The van der Waals surface area contributed by atoms with Gasteiger partial charge in [-0.1, -0.05) is 19.4 Å². The summed E-state index contributed by atoms with van der Waals surface area (Å²) in [4.78, 5) is 28.8. The van der Waals surface area contributed by atoms with Crippen LogP contribution in [-0.2, 0) is 16.1 Å². The Hall–Kier alpha value is -1.66. The summed E-state index contributed by atoms with van der Waals surface area (Å²) < 4.78 is 7.05. The van der Waals surface area contributed by atoms with Crippen LogP contribution in [0.2, 0.25) is 0 Å². The Morgan fingerprint density at radius 1 is 1.25 bits per heavy atom. The first kappa shape index (κ1) is 17.2. The average molecular weight is 333 g/mol. The van der Waals surface area contributed by atoms with Crippen molar-refractivity contribution in [1.29, 1.82) is 0 Å². The Bertz CT molecular complexity index is 610. The molecule has 6 heteroatoms. The van der Waals surface area contributed by atoms with E-state index in [1.807, 2.05) is 11.0 Å². The maximum Gasteiger partial charge on any atom is 0.250 e. The van der Waals surface area contributed by atoms with Gasteiger partial charge in [0.25, 0.3) is 5.56 Å². The number of aromatic nitrogens is 1. The summed E-state index contributed by atoms with van der Waals surface area (Å²) in [5.74, 6) is 0.687. The number of hydrogen-bond donors (Lipinski definition) is 0. The maximum absolute atomic E-state index is 12.6. The number of likely N-dealkylation sites (tertiary alicyclic amines) is 1. The van der Waals surface area contributed by atoms with Gasteiger partial charge < -0.3 is 14.2 Å². The number of morpholine rings is 1. The van der Waals surface area contributed by atoms with E-state index in [0.29, 0.717) is 24.9 Å². The molecule has 132 valence electrons. The van der Waals surface area contributed by atoms with Crippen LogP contribution < -0.4 is 5.56 Å². The zero-order valence-electron chi connectivity index (χ0n) is 14.4. The fraction of sp³-hybridized carbons (Fsp3) is 0.667.